The summed E-state index contributed by atoms with van der Waals surface area (Å²) in [5.74, 6) is 0. The van der Waals surface area contributed by atoms with Gasteiger partial charge in [-0.15, -0.1) is 0 Å². The van der Waals surface area contributed by atoms with E-state index in [2.05, 4.69) is 22.4 Å². The van der Waals surface area contributed by atoms with E-state index in [9.17, 15) is 8.42 Å². The van der Waals surface area contributed by atoms with E-state index in [-0.39, 0.29) is 36.2 Å². The van der Waals surface area contributed by atoms with E-state index in [0.29, 0.717) is 0 Å². The van der Waals surface area contributed by atoms with E-state index in [4.69, 9.17) is 0 Å². The Morgan fingerprint density at radius 3 is 2.27 bits per heavy atom. The summed E-state index contributed by atoms with van der Waals surface area (Å²) < 4.78 is 25.5. The Balaban J connectivity index is 0.00000196. The molecule has 6 heteroatoms. The van der Waals surface area contributed by atoms with Gasteiger partial charge in [-0.2, -0.15) is 0 Å². The fraction of sp³-hybridized carbons (Fsp3) is 0.111. The first-order valence-corrected chi connectivity index (χ1v) is 6.16. The van der Waals surface area contributed by atoms with Gasteiger partial charge in [-0.05, 0) is 11.1 Å². The summed E-state index contributed by atoms with van der Waals surface area (Å²) in [6.07, 6.45) is 1.70. The molecule has 76 valence electrons. The van der Waals surface area contributed by atoms with Crippen LogP contribution in [0, 0.1) is 0 Å². The second-order valence-corrected chi connectivity index (χ2v) is 4.89. The van der Waals surface area contributed by atoms with Crippen molar-refractivity contribution < 1.29 is 42.2 Å². The molecule has 0 aliphatic rings. The van der Waals surface area contributed by atoms with Gasteiger partial charge in [0.05, 0.1) is 6.61 Å². The second-order valence-electron chi connectivity index (χ2n) is 2.62. The third kappa shape index (κ3) is 6.40. The molecule has 0 saturated heterocycles. The number of rotatable bonds is 4. The molecule has 0 spiro atoms. The fourth-order valence-corrected chi connectivity index (χ4v) is 1.31. The van der Waals surface area contributed by atoms with Crippen LogP contribution in [0.4, 0.5) is 0 Å². The van der Waals surface area contributed by atoms with Crippen LogP contribution in [0.15, 0.2) is 30.8 Å². The summed E-state index contributed by atoms with van der Waals surface area (Å²) in [7, 11) is -3.77. The fourth-order valence-electron chi connectivity index (χ4n) is 0.890. The van der Waals surface area contributed by atoms with E-state index in [1.807, 2.05) is 12.1 Å². The summed E-state index contributed by atoms with van der Waals surface area (Å²) in [5.41, 5.74) is 1.72. The van der Waals surface area contributed by atoms with Gasteiger partial charge in [0.1, 0.15) is 9.15 Å². The minimum Gasteiger partial charge on any atom is -0.619 e. The molecule has 1 rings (SSSR count). The Kier molecular flexibility index (Phi) is 6.83. The molecule has 15 heavy (non-hydrogen) atoms. The van der Waals surface area contributed by atoms with E-state index in [0.717, 1.165) is 11.1 Å². The van der Waals surface area contributed by atoms with Crippen molar-refractivity contribution in [1.82, 2.24) is 0 Å². The van der Waals surface area contributed by atoms with Crippen molar-refractivity contribution in [3.8, 4) is 0 Å². The third-order valence-electron chi connectivity index (χ3n) is 1.59. The largest absolute Gasteiger partial charge is 1.00 e. The molecule has 0 amide bonds. The zero-order chi connectivity index (χ0) is 10.6. The van der Waals surface area contributed by atoms with Crippen molar-refractivity contribution in [2.45, 2.75) is 6.61 Å². The molecule has 0 N–H and O–H groups in total. The van der Waals surface area contributed by atoms with Gasteiger partial charge in [-0.1, -0.05) is 36.9 Å². The van der Waals surface area contributed by atoms with Crippen molar-refractivity contribution >= 4 is 26.9 Å². The van der Waals surface area contributed by atoms with Gasteiger partial charge in [0, 0.05) is 0 Å². The van der Waals surface area contributed by atoms with Crippen molar-refractivity contribution in [3.63, 3.8) is 0 Å². The Bertz CT molecular complexity index is 411. The number of benzene rings is 1. The number of hydrogen-bond acceptors (Lipinski definition) is 4. The molecule has 0 aromatic heterocycles. The topological polar surface area (TPSA) is 43.4 Å². The minimum absolute atomic E-state index is 0. The molecular weight excluding hydrogens is 243 g/mol. The van der Waals surface area contributed by atoms with Crippen molar-refractivity contribution in [2.75, 3.05) is 0 Å². The third-order valence-corrected chi connectivity index (χ3v) is 2.28. The molecule has 0 aliphatic carbocycles. The van der Waals surface area contributed by atoms with Crippen molar-refractivity contribution in [2.24, 2.45) is 0 Å². The Hall–Kier alpha value is 0.220. The van der Waals surface area contributed by atoms with Crippen LogP contribution in [0.3, 0.4) is 0 Å². The van der Waals surface area contributed by atoms with Crippen molar-refractivity contribution in [1.29, 1.82) is 0 Å². The predicted octanol–water partition coefficient (Wildman–Crippen LogP) is -1.36. The summed E-state index contributed by atoms with van der Waals surface area (Å²) in [6.45, 7) is 3.58. The molecule has 0 atom stereocenters. The van der Waals surface area contributed by atoms with E-state index in [1.165, 1.54) is 0 Å². The van der Waals surface area contributed by atoms with Gasteiger partial charge in [0.15, 0.2) is 0 Å². The van der Waals surface area contributed by atoms with Gasteiger partial charge >= 0.3 is 29.6 Å². The first-order chi connectivity index (χ1) is 6.51. The maximum absolute atomic E-state index is 10.5. The minimum atomic E-state index is -3.77. The first kappa shape index (κ1) is 15.2. The molecule has 1 aromatic rings. The van der Waals surface area contributed by atoms with Crippen LogP contribution in [0.25, 0.3) is 6.08 Å². The van der Waals surface area contributed by atoms with Crippen LogP contribution in [0.1, 0.15) is 11.1 Å². The van der Waals surface area contributed by atoms with E-state index >= 15 is 0 Å². The van der Waals surface area contributed by atoms with Crippen molar-refractivity contribution in [3.05, 3.63) is 42.0 Å². The molecule has 0 bridgehead atoms. The van der Waals surface area contributed by atoms with Gasteiger partial charge in [0.2, 0.25) is 0 Å². The summed E-state index contributed by atoms with van der Waals surface area (Å²) in [4.78, 5) is 0. The van der Waals surface area contributed by atoms with Crippen LogP contribution in [-0.4, -0.2) is 8.42 Å². The number of hydrogen-bond donors (Lipinski definition) is 0. The standard InChI is InChI=1S/C9H10O3S2.Na/c1-2-8-3-5-9(6-4-8)7-12-14(10,11)13;/h2-6H,1,7H2,(H,10,11,13);/q;+1/p-1. The van der Waals surface area contributed by atoms with Gasteiger partial charge < -0.3 is 11.7 Å². The molecule has 3 nitrogen and oxygen atoms in total. The van der Waals surface area contributed by atoms with Gasteiger partial charge in [-0.25, -0.2) is 8.42 Å². The average Bonchev–Trinajstić information content (AvgIpc) is 2.14. The van der Waals surface area contributed by atoms with E-state index < -0.39 is 9.15 Å². The smallest absolute Gasteiger partial charge is 0.619 e. The summed E-state index contributed by atoms with van der Waals surface area (Å²) >= 11 is 4.07. The maximum Gasteiger partial charge on any atom is 1.00 e. The first-order valence-electron chi connectivity index (χ1n) is 3.83. The summed E-state index contributed by atoms with van der Waals surface area (Å²) in [5, 5.41) is 0. The second kappa shape index (κ2) is 6.73. The average molecular weight is 252 g/mol. The molecule has 0 unspecified atom stereocenters. The molecule has 0 saturated carbocycles. The normalized spacial score (nSPS) is 10.5. The molecule has 1 aromatic carbocycles. The van der Waals surface area contributed by atoms with Crippen LogP contribution >= 0.6 is 0 Å². The quantitative estimate of drug-likeness (QED) is 0.377. The SMILES string of the molecule is C=Cc1ccc(COS(=O)(=O)[S-])cc1.[Na+]. The molecule has 0 radical (unpaired) electrons. The maximum atomic E-state index is 10.5. The molecular formula is C9H9NaO3S2. The van der Waals surface area contributed by atoms with Crippen LogP contribution < -0.4 is 29.6 Å². The van der Waals surface area contributed by atoms with Crippen LogP contribution in [0.2, 0.25) is 0 Å². The predicted molar refractivity (Wildman–Crippen MR) is 57.6 cm³/mol. The molecule has 0 aliphatic heterocycles. The molecule has 0 heterocycles. The Morgan fingerprint density at radius 1 is 1.33 bits per heavy atom. The zero-order valence-electron chi connectivity index (χ0n) is 8.34. The Morgan fingerprint density at radius 2 is 1.87 bits per heavy atom. The van der Waals surface area contributed by atoms with Gasteiger partial charge in [0.25, 0.3) is 0 Å². The van der Waals surface area contributed by atoms with Crippen LogP contribution in [-0.2, 0) is 31.6 Å². The summed E-state index contributed by atoms with van der Waals surface area (Å²) in [6, 6.07) is 7.17. The Labute approximate surface area is 117 Å². The zero-order valence-corrected chi connectivity index (χ0v) is 12.0. The van der Waals surface area contributed by atoms with Crippen LogP contribution in [0.5, 0.6) is 0 Å². The van der Waals surface area contributed by atoms with E-state index in [1.54, 1.807) is 18.2 Å². The monoisotopic (exact) mass is 252 g/mol. The van der Waals surface area contributed by atoms with Gasteiger partial charge in [-0.3, -0.25) is 4.18 Å². The molecule has 0 fully saturated rings.